The number of hydrogen-bond donors (Lipinski definition) is 3. The Bertz CT molecular complexity index is 555. The summed E-state index contributed by atoms with van der Waals surface area (Å²) in [6, 6.07) is 6.25. The lowest BCUT2D eigenvalue weighted by Crippen LogP contribution is -2.48. The van der Waals surface area contributed by atoms with Crippen LogP contribution in [0.2, 0.25) is 5.02 Å². The van der Waals surface area contributed by atoms with E-state index in [0.717, 1.165) is 5.56 Å². The first-order valence-corrected chi connectivity index (χ1v) is 8.15. The van der Waals surface area contributed by atoms with Gasteiger partial charge in [-0.15, -0.1) is 0 Å². The summed E-state index contributed by atoms with van der Waals surface area (Å²) in [5.41, 5.74) is 0.377. The molecule has 1 amide bonds. The maximum absolute atomic E-state index is 12.0. The fourth-order valence-corrected chi connectivity index (χ4v) is 2.09. The number of carboxylic acids is 1. The number of amides is 1. The predicted octanol–water partition coefficient (Wildman–Crippen LogP) is 2.84. The number of nitrogens with one attached hydrogen (secondary N) is 2. The van der Waals surface area contributed by atoms with Crippen molar-refractivity contribution in [1.29, 1.82) is 0 Å². The Morgan fingerprint density at radius 1 is 1.25 bits per heavy atom. The van der Waals surface area contributed by atoms with Crippen LogP contribution >= 0.6 is 11.6 Å². The largest absolute Gasteiger partial charge is 0.480 e. The zero-order valence-corrected chi connectivity index (χ0v) is 15.2. The van der Waals surface area contributed by atoms with Gasteiger partial charge in [0.25, 0.3) is 0 Å². The van der Waals surface area contributed by atoms with E-state index in [1.54, 1.807) is 39.8 Å². The Balaban J connectivity index is 2.72. The molecule has 1 aromatic rings. The van der Waals surface area contributed by atoms with Crippen LogP contribution in [0, 0.1) is 0 Å². The second kappa shape index (κ2) is 8.89. The van der Waals surface area contributed by atoms with Gasteiger partial charge in [0, 0.05) is 17.6 Å². The fourth-order valence-electron chi connectivity index (χ4n) is 1.96. The van der Waals surface area contributed by atoms with Crippen molar-refractivity contribution in [3.8, 4) is 0 Å². The predicted molar refractivity (Wildman–Crippen MR) is 93.4 cm³/mol. The van der Waals surface area contributed by atoms with Crippen molar-refractivity contribution in [2.24, 2.45) is 0 Å². The van der Waals surface area contributed by atoms with Crippen LogP contribution in [0.5, 0.6) is 0 Å². The van der Waals surface area contributed by atoms with Gasteiger partial charge in [0.1, 0.15) is 11.6 Å². The Kier molecular flexibility index (Phi) is 7.51. The molecule has 0 bridgehead atoms. The summed E-state index contributed by atoms with van der Waals surface area (Å²) in [7, 11) is 0. The van der Waals surface area contributed by atoms with E-state index < -0.39 is 23.7 Å². The van der Waals surface area contributed by atoms with Gasteiger partial charge in [-0.3, -0.25) is 4.79 Å². The highest BCUT2D eigenvalue weighted by molar-refractivity contribution is 6.30. The van der Waals surface area contributed by atoms with E-state index in [0.29, 0.717) is 18.0 Å². The number of halogens is 1. The van der Waals surface area contributed by atoms with E-state index in [2.05, 4.69) is 10.6 Å². The molecule has 0 aliphatic rings. The normalized spacial score (nSPS) is 13.9. The standard InChI is InChI=1S/C17H25ClN2O4/c1-11(15(21)22)19-10-14(20-16(23)24-17(2,3)4)9-12-5-7-13(18)8-6-12/h5-8,11,14,19H,9-10H2,1-4H3,(H,20,23)(H,21,22). The average molecular weight is 357 g/mol. The van der Waals surface area contributed by atoms with Gasteiger partial charge in [-0.25, -0.2) is 4.79 Å². The summed E-state index contributed by atoms with van der Waals surface area (Å²) in [6.45, 7) is 7.20. The summed E-state index contributed by atoms with van der Waals surface area (Å²) in [5, 5.41) is 15.3. The zero-order valence-electron chi connectivity index (χ0n) is 14.4. The van der Waals surface area contributed by atoms with Gasteiger partial charge in [0.15, 0.2) is 0 Å². The molecule has 0 aliphatic heterocycles. The lowest BCUT2D eigenvalue weighted by molar-refractivity contribution is -0.139. The lowest BCUT2D eigenvalue weighted by atomic mass is 10.1. The SMILES string of the molecule is CC(NCC(Cc1ccc(Cl)cc1)NC(=O)OC(C)(C)C)C(=O)O. The molecule has 0 fully saturated rings. The molecule has 134 valence electrons. The Morgan fingerprint density at radius 3 is 2.33 bits per heavy atom. The first-order chi connectivity index (χ1) is 11.1. The zero-order chi connectivity index (χ0) is 18.3. The average Bonchev–Trinajstić information content (AvgIpc) is 2.44. The summed E-state index contributed by atoms with van der Waals surface area (Å²) in [6.07, 6.45) is -0.0123. The topological polar surface area (TPSA) is 87.7 Å². The van der Waals surface area contributed by atoms with Crippen LogP contribution in [0.3, 0.4) is 0 Å². The molecule has 24 heavy (non-hydrogen) atoms. The summed E-state index contributed by atoms with van der Waals surface area (Å²) in [5.74, 6) is -0.947. The number of carbonyl (C=O) groups is 2. The second-order valence-electron chi connectivity index (χ2n) is 6.64. The van der Waals surface area contributed by atoms with Crippen LogP contribution in [0.4, 0.5) is 4.79 Å². The van der Waals surface area contributed by atoms with E-state index in [-0.39, 0.29) is 6.04 Å². The molecular formula is C17H25ClN2O4. The molecule has 0 aromatic heterocycles. The second-order valence-corrected chi connectivity index (χ2v) is 7.08. The first-order valence-electron chi connectivity index (χ1n) is 7.77. The van der Waals surface area contributed by atoms with Crippen molar-refractivity contribution in [1.82, 2.24) is 10.6 Å². The Labute approximate surface area is 147 Å². The molecule has 6 nitrogen and oxygen atoms in total. The lowest BCUT2D eigenvalue weighted by Gasteiger charge is -2.24. The fraction of sp³-hybridized carbons (Fsp3) is 0.529. The highest BCUT2D eigenvalue weighted by atomic mass is 35.5. The minimum absolute atomic E-state index is 0.301. The number of rotatable bonds is 7. The van der Waals surface area contributed by atoms with Crippen molar-refractivity contribution >= 4 is 23.7 Å². The van der Waals surface area contributed by atoms with Crippen LogP contribution in [0.1, 0.15) is 33.3 Å². The molecule has 0 heterocycles. The van der Waals surface area contributed by atoms with Gasteiger partial charge >= 0.3 is 12.1 Å². The molecule has 0 radical (unpaired) electrons. The summed E-state index contributed by atoms with van der Waals surface area (Å²) in [4.78, 5) is 22.9. The minimum Gasteiger partial charge on any atom is -0.480 e. The molecule has 2 unspecified atom stereocenters. The molecule has 0 saturated heterocycles. The van der Waals surface area contributed by atoms with Crippen molar-refractivity contribution in [2.75, 3.05) is 6.54 Å². The Hall–Kier alpha value is -1.79. The molecular weight excluding hydrogens is 332 g/mol. The van der Waals surface area contributed by atoms with Crippen LogP contribution in [0.25, 0.3) is 0 Å². The number of benzene rings is 1. The van der Waals surface area contributed by atoms with Gasteiger partial charge < -0.3 is 20.5 Å². The first kappa shape index (κ1) is 20.3. The van der Waals surface area contributed by atoms with Gasteiger partial charge in [0.05, 0.1) is 0 Å². The number of carbonyl (C=O) groups excluding carboxylic acids is 1. The van der Waals surface area contributed by atoms with Gasteiger partial charge in [-0.2, -0.15) is 0 Å². The van der Waals surface area contributed by atoms with Gasteiger partial charge in [0.2, 0.25) is 0 Å². The molecule has 7 heteroatoms. The number of hydrogen-bond acceptors (Lipinski definition) is 4. The van der Waals surface area contributed by atoms with E-state index in [9.17, 15) is 9.59 Å². The molecule has 1 rings (SSSR count). The highest BCUT2D eigenvalue weighted by Gasteiger charge is 2.21. The van der Waals surface area contributed by atoms with Crippen LogP contribution < -0.4 is 10.6 Å². The maximum Gasteiger partial charge on any atom is 0.407 e. The molecule has 0 aliphatic carbocycles. The smallest absolute Gasteiger partial charge is 0.407 e. The summed E-state index contributed by atoms with van der Waals surface area (Å²) < 4.78 is 5.26. The third-order valence-electron chi connectivity index (χ3n) is 3.16. The quantitative estimate of drug-likeness (QED) is 0.699. The molecule has 0 spiro atoms. The van der Waals surface area contributed by atoms with Crippen molar-refractivity contribution < 1.29 is 19.4 Å². The van der Waals surface area contributed by atoms with E-state index in [4.69, 9.17) is 21.4 Å². The third kappa shape index (κ3) is 8.17. The Morgan fingerprint density at radius 2 is 1.83 bits per heavy atom. The monoisotopic (exact) mass is 356 g/mol. The van der Waals surface area contributed by atoms with Crippen molar-refractivity contribution in [2.45, 2.75) is 51.8 Å². The maximum atomic E-state index is 12.0. The molecule has 2 atom stereocenters. The van der Waals surface area contributed by atoms with E-state index in [1.165, 1.54) is 0 Å². The van der Waals surface area contributed by atoms with Crippen molar-refractivity contribution in [3.63, 3.8) is 0 Å². The van der Waals surface area contributed by atoms with Crippen LogP contribution in [-0.2, 0) is 16.0 Å². The number of ether oxygens (including phenoxy) is 1. The molecule has 0 saturated carbocycles. The highest BCUT2D eigenvalue weighted by Crippen LogP contribution is 2.12. The minimum atomic E-state index is -0.947. The van der Waals surface area contributed by atoms with Crippen molar-refractivity contribution in [3.05, 3.63) is 34.9 Å². The van der Waals surface area contributed by atoms with Gasteiger partial charge in [-0.1, -0.05) is 23.7 Å². The van der Waals surface area contributed by atoms with Crippen LogP contribution in [0.15, 0.2) is 24.3 Å². The van der Waals surface area contributed by atoms with E-state index in [1.807, 2.05) is 12.1 Å². The molecule has 3 N–H and O–H groups in total. The number of carboxylic acid groups (broad SMARTS) is 1. The summed E-state index contributed by atoms with van der Waals surface area (Å²) >= 11 is 5.88. The van der Waals surface area contributed by atoms with E-state index >= 15 is 0 Å². The molecule has 1 aromatic carbocycles. The number of alkyl carbamates (subject to hydrolysis) is 1. The van der Waals surface area contributed by atoms with Gasteiger partial charge in [-0.05, 0) is 51.8 Å². The number of aliphatic carboxylic acids is 1. The third-order valence-corrected chi connectivity index (χ3v) is 3.41. The van der Waals surface area contributed by atoms with Crippen LogP contribution in [-0.4, -0.2) is 41.4 Å².